The van der Waals surface area contributed by atoms with Crippen LogP contribution in [0.2, 0.25) is 0 Å². The van der Waals surface area contributed by atoms with Crippen molar-refractivity contribution < 1.29 is 4.74 Å². The van der Waals surface area contributed by atoms with Gasteiger partial charge in [0.25, 0.3) is 0 Å². The first-order chi connectivity index (χ1) is 8.66. The maximum absolute atomic E-state index is 6.21. The monoisotopic (exact) mass is 247 g/mol. The van der Waals surface area contributed by atoms with Crippen LogP contribution in [0.3, 0.4) is 0 Å². The van der Waals surface area contributed by atoms with Crippen molar-refractivity contribution in [3.05, 3.63) is 35.4 Å². The zero-order chi connectivity index (χ0) is 13.0. The fourth-order valence-electron chi connectivity index (χ4n) is 2.58. The molecule has 0 heterocycles. The number of nitrogens with one attached hydrogen (secondary N) is 1. The Morgan fingerprint density at radius 2 is 2.06 bits per heavy atom. The number of rotatable bonds is 5. The van der Waals surface area contributed by atoms with E-state index < -0.39 is 0 Å². The predicted molar refractivity (Wildman–Crippen MR) is 75.8 cm³/mol. The van der Waals surface area contributed by atoms with E-state index in [9.17, 15) is 0 Å². The van der Waals surface area contributed by atoms with Crippen LogP contribution in [0.4, 0.5) is 0 Å². The summed E-state index contributed by atoms with van der Waals surface area (Å²) in [7, 11) is 0. The SMILES string of the molecule is CC(C)NCC(C)OC1CCCc2ccccc21. The summed E-state index contributed by atoms with van der Waals surface area (Å²) in [4.78, 5) is 0. The van der Waals surface area contributed by atoms with Crippen molar-refractivity contribution in [2.45, 2.75) is 58.3 Å². The summed E-state index contributed by atoms with van der Waals surface area (Å²) in [5.41, 5.74) is 2.87. The van der Waals surface area contributed by atoms with E-state index in [0.29, 0.717) is 12.1 Å². The highest BCUT2D eigenvalue weighted by Crippen LogP contribution is 2.32. The lowest BCUT2D eigenvalue weighted by Crippen LogP contribution is -2.33. The molecule has 0 spiro atoms. The zero-order valence-corrected chi connectivity index (χ0v) is 11.8. The lowest BCUT2D eigenvalue weighted by atomic mass is 9.89. The van der Waals surface area contributed by atoms with Gasteiger partial charge in [-0.15, -0.1) is 0 Å². The molecule has 18 heavy (non-hydrogen) atoms. The van der Waals surface area contributed by atoms with Crippen LogP contribution in [-0.4, -0.2) is 18.7 Å². The number of benzene rings is 1. The van der Waals surface area contributed by atoms with Gasteiger partial charge >= 0.3 is 0 Å². The maximum Gasteiger partial charge on any atom is 0.0832 e. The van der Waals surface area contributed by atoms with E-state index in [2.05, 4.69) is 50.4 Å². The molecule has 0 aliphatic heterocycles. The Morgan fingerprint density at radius 1 is 1.28 bits per heavy atom. The van der Waals surface area contributed by atoms with Gasteiger partial charge in [0.05, 0.1) is 12.2 Å². The summed E-state index contributed by atoms with van der Waals surface area (Å²) < 4.78 is 6.21. The Hall–Kier alpha value is -0.860. The van der Waals surface area contributed by atoms with Gasteiger partial charge in [-0.25, -0.2) is 0 Å². The second kappa shape index (κ2) is 6.35. The molecule has 100 valence electrons. The molecule has 0 saturated heterocycles. The van der Waals surface area contributed by atoms with E-state index >= 15 is 0 Å². The lowest BCUT2D eigenvalue weighted by molar-refractivity contribution is -0.0124. The van der Waals surface area contributed by atoms with Crippen molar-refractivity contribution in [3.63, 3.8) is 0 Å². The van der Waals surface area contributed by atoms with Crippen LogP contribution in [0.15, 0.2) is 24.3 Å². The Bertz CT molecular complexity index is 375. The Kier molecular flexibility index (Phi) is 4.79. The summed E-state index contributed by atoms with van der Waals surface area (Å²) in [6, 6.07) is 9.24. The van der Waals surface area contributed by atoms with Crippen molar-refractivity contribution in [1.29, 1.82) is 0 Å². The van der Waals surface area contributed by atoms with E-state index in [1.54, 1.807) is 0 Å². The smallest absolute Gasteiger partial charge is 0.0832 e. The van der Waals surface area contributed by atoms with Gasteiger partial charge in [-0.2, -0.15) is 0 Å². The number of hydrogen-bond acceptors (Lipinski definition) is 2. The molecule has 0 aromatic heterocycles. The second-order valence-electron chi connectivity index (χ2n) is 5.59. The topological polar surface area (TPSA) is 21.3 Å². The van der Waals surface area contributed by atoms with E-state index in [-0.39, 0.29) is 6.10 Å². The number of hydrogen-bond donors (Lipinski definition) is 1. The van der Waals surface area contributed by atoms with E-state index in [0.717, 1.165) is 13.0 Å². The third-order valence-electron chi connectivity index (χ3n) is 3.52. The third-order valence-corrected chi connectivity index (χ3v) is 3.52. The molecule has 0 fully saturated rings. The van der Waals surface area contributed by atoms with Crippen LogP contribution >= 0.6 is 0 Å². The molecular formula is C16H25NO. The predicted octanol–water partition coefficient (Wildman–Crippen LogP) is 3.47. The first-order valence-electron chi connectivity index (χ1n) is 7.13. The van der Waals surface area contributed by atoms with Crippen molar-refractivity contribution in [2.75, 3.05) is 6.54 Å². The van der Waals surface area contributed by atoms with Crippen molar-refractivity contribution >= 4 is 0 Å². The molecule has 0 amide bonds. The van der Waals surface area contributed by atoms with Gasteiger partial charge in [0.1, 0.15) is 0 Å². The average Bonchev–Trinajstić information content (AvgIpc) is 2.37. The van der Waals surface area contributed by atoms with Gasteiger partial charge in [-0.1, -0.05) is 38.1 Å². The first-order valence-corrected chi connectivity index (χ1v) is 7.13. The molecule has 2 heteroatoms. The number of ether oxygens (including phenoxy) is 1. The van der Waals surface area contributed by atoms with Gasteiger partial charge in [0, 0.05) is 12.6 Å². The summed E-state index contributed by atoms with van der Waals surface area (Å²) in [5, 5.41) is 3.43. The summed E-state index contributed by atoms with van der Waals surface area (Å²) in [5.74, 6) is 0. The van der Waals surface area contributed by atoms with Gasteiger partial charge in [0.2, 0.25) is 0 Å². The van der Waals surface area contributed by atoms with E-state index in [1.165, 1.54) is 24.0 Å². The van der Waals surface area contributed by atoms with Crippen molar-refractivity contribution in [3.8, 4) is 0 Å². The summed E-state index contributed by atoms with van der Waals surface area (Å²) >= 11 is 0. The van der Waals surface area contributed by atoms with Crippen LogP contribution in [0, 0.1) is 0 Å². The minimum Gasteiger partial charge on any atom is -0.369 e. The minimum atomic E-state index is 0.267. The first kappa shape index (κ1) is 13.6. The van der Waals surface area contributed by atoms with Gasteiger partial charge in [-0.3, -0.25) is 0 Å². The molecule has 1 aliphatic rings. The Labute approximate surface area is 111 Å². The average molecular weight is 247 g/mol. The normalized spacial score (nSPS) is 20.8. The molecule has 2 atom stereocenters. The van der Waals surface area contributed by atoms with Crippen LogP contribution in [-0.2, 0) is 11.2 Å². The molecule has 0 radical (unpaired) electrons. The molecule has 1 aromatic carbocycles. The lowest BCUT2D eigenvalue weighted by Gasteiger charge is -2.28. The summed E-state index contributed by atoms with van der Waals surface area (Å²) in [6.07, 6.45) is 4.16. The number of aryl methyl sites for hydroxylation is 1. The quantitative estimate of drug-likeness (QED) is 0.860. The van der Waals surface area contributed by atoms with E-state index in [4.69, 9.17) is 4.74 Å². The molecule has 0 saturated carbocycles. The van der Waals surface area contributed by atoms with Gasteiger partial charge in [-0.05, 0) is 37.3 Å². The minimum absolute atomic E-state index is 0.267. The summed E-state index contributed by atoms with van der Waals surface area (Å²) in [6.45, 7) is 7.42. The molecule has 1 aliphatic carbocycles. The molecule has 2 rings (SSSR count). The van der Waals surface area contributed by atoms with Gasteiger partial charge < -0.3 is 10.1 Å². The van der Waals surface area contributed by atoms with Crippen LogP contribution in [0.25, 0.3) is 0 Å². The highest BCUT2D eigenvalue weighted by Gasteiger charge is 2.22. The van der Waals surface area contributed by atoms with Crippen LogP contribution in [0.5, 0.6) is 0 Å². The molecule has 2 nitrogen and oxygen atoms in total. The van der Waals surface area contributed by atoms with Crippen molar-refractivity contribution in [1.82, 2.24) is 5.32 Å². The second-order valence-corrected chi connectivity index (χ2v) is 5.59. The molecule has 1 N–H and O–H groups in total. The molecule has 1 aromatic rings. The zero-order valence-electron chi connectivity index (χ0n) is 11.8. The highest BCUT2D eigenvalue weighted by molar-refractivity contribution is 5.31. The number of fused-ring (bicyclic) bond motifs is 1. The molecular weight excluding hydrogens is 222 g/mol. The molecule has 0 bridgehead atoms. The van der Waals surface area contributed by atoms with Gasteiger partial charge in [0.15, 0.2) is 0 Å². The molecule has 2 unspecified atom stereocenters. The highest BCUT2D eigenvalue weighted by atomic mass is 16.5. The van der Waals surface area contributed by atoms with Crippen molar-refractivity contribution in [2.24, 2.45) is 0 Å². The Balaban J connectivity index is 1.94. The van der Waals surface area contributed by atoms with Crippen LogP contribution < -0.4 is 5.32 Å². The fraction of sp³-hybridized carbons (Fsp3) is 0.625. The largest absolute Gasteiger partial charge is 0.369 e. The van der Waals surface area contributed by atoms with E-state index in [1.807, 2.05) is 0 Å². The third kappa shape index (κ3) is 3.56. The fourth-order valence-corrected chi connectivity index (χ4v) is 2.58. The standard InChI is InChI=1S/C16H25NO/c1-12(2)17-11-13(3)18-16-10-6-8-14-7-4-5-9-15(14)16/h4-5,7,9,12-13,16-17H,6,8,10-11H2,1-3H3. The van der Waals surface area contributed by atoms with Crippen LogP contribution in [0.1, 0.15) is 50.8 Å². The maximum atomic E-state index is 6.21. The Morgan fingerprint density at radius 3 is 2.83 bits per heavy atom.